The van der Waals surface area contributed by atoms with Crippen molar-refractivity contribution in [1.82, 2.24) is 9.88 Å². The highest BCUT2D eigenvalue weighted by atomic mass is 32.2. The lowest BCUT2D eigenvalue weighted by molar-refractivity contribution is -0.130. The predicted molar refractivity (Wildman–Crippen MR) is 134 cm³/mol. The first kappa shape index (κ1) is 26.0. The number of nitrogens with zero attached hydrogens (tertiary/aromatic N) is 2. The lowest BCUT2D eigenvalue weighted by Crippen LogP contribution is -2.29. The van der Waals surface area contributed by atoms with Gasteiger partial charge in [-0.15, -0.1) is 0 Å². The third kappa shape index (κ3) is 6.00. The Morgan fingerprint density at radius 3 is 2.39 bits per heavy atom. The zero-order valence-corrected chi connectivity index (χ0v) is 21.2. The fourth-order valence-corrected chi connectivity index (χ4v) is 6.49. The van der Waals surface area contributed by atoms with Crippen LogP contribution in [0.1, 0.15) is 73.0 Å². The average molecular weight is 513 g/mol. The summed E-state index contributed by atoms with van der Waals surface area (Å²) in [4.78, 5) is 43.2. The molecule has 192 valence electrons. The van der Waals surface area contributed by atoms with Gasteiger partial charge in [-0.3, -0.25) is 14.6 Å². The van der Waals surface area contributed by atoms with Gasteiger partial charge >= 0.3 is 5.97 Å². The molecule has 0 bridgehead atoms. The number of amides is 1. The molecule has 2 fully saturated rings. The van der Waals surface area contributed by atoms with E-state index < -0.39 is 21.7 Å². The molecule has 1 saturated carbocycles. The first-order valence-corrected chi connectivity index (χ1v) is 14.1. The van der Waals surface area contributed by atoms with Gasteiger partial charge in [0.25, 0.3) is 0 Å². The standard InChI is InChI=1S/C27H32N2O6S/c1-2-3-26(31)29-13-12-18(17-29)14-24(25(30)15-21-7-4-20(16-28-21)27(32)33)19-5-8-22(9-6-19)36(34,35)23-10-11-23/h4-9,16,18,23-24H,2-3,10-15,17H2,1H3,(H,32,33)/t18-,24-/m1/s1. The van der Waals surface area contributed by atoms with Crippen molar-refractivity contribution in [1.29, 1.82) is 0 Å². The molecule has 0 spiro atoms. The molecular weight excluding hydrogens is 480 g/mol. The molecule has 2 aromatic rings. The summed E-state index contributed by atoms with van der Waals surface area (Å²) in [7, 11) is -3.32. The average Bonchev–Trinajstić information content (AvgIpc) is 3.62. The number of carboxylic acids is 1. The van der Waals surface area contributed by atoms with E-state index in [9.17, 15) is 22.8 Å². The molecule has 2 atom stereocenters. The van der Waals surface area contributed by atoms with E-state index >= 15 is 0 Å². The Labute approximate surface area is 211 Å². The van der Waals surface area contributed by atoms with Crippen LogP contribution in [0.2, 0.25) is 0 Å². The van der Waals surface area contributed by atoms with Gasteiger partial charge in [-0.2, -0.15) is 0 Å². The molecule has 1 N–H and O–H groups in total. The molecule has 36 heavy (non-hydrogen) atoms. The number of rotatable bonds is 11. The second kappa shape index (κ2) is 10.9. The van der Waals surface area contributed by atoms with E-state index in [1.165, 1.54) is 12.3 Å². The number of ketones is 1. The molecule has 8 nitrogen and oxygen atoms in total. The number of carbonyl (C=O) groups excluding carboxylic acids is 2. The fourth-order valence-electron chi connectivity index (χ4n) is 4.83. The van der Waals surface area contributed by atoms with Crippen LogP contribution in [0.25, 0.3) is 0 Å². The maximum absolute atomic E-state index is 13.5. The van der Waals surface area contributed by atoms with Gasteiger partial charge in [0.1, 0.15) is 5.78 Å². The maximum atomic E-state index is 13.5. The van der Waals surface area contributed by atoms with Crippen LogP contribution >= 0.6 is 0 Å². The van der Waals surface area contributed by atoms with Crippen molar-refractivity contribution in [3.63, 3.8) is 0 Å². The second-order valence-electron chi connectivity index (χ2n) is 9.83. The zero-order chi connectivity index (χ0) is 25.9. The van der Waals surface area contributed by atoms with Crippen LogP contribution in [0.3, 0.4) is 0 Å². The lowest BCUT2D eigenvalue weighted by atomic mass is 9.84. The third-order valence-corrected chi connectivity index (χ3v) is 9.34. The van der Waals surface area contributed by atoms with E-state index in [0.29, 0.717) is 44.5 Å². The second-order valence-corrected chi connectivity index (χ2v) is 12.1. The Morgan fingerprint density at radius 1 is 1.08 bits per heavy atom. The summed E-state index contributed by atoms with van der Waals surface area (Å²) in [5, 5.41) is 8.79. The van der Waals surface area contributed by atoms with Crippen molar-refractivity contribution in [3.8, 4) is 0 Å². The highest BCUT2D eigenvalue weighted by Crippen LogP contribution is 2.35. The lowest BCUT2D eigenvalue weighted by Gasteiger charge is -2.21. The summed E-state index contributed by atoms with van der Waals surface area (Å²) < 4.78 is 25.2. The molecule has 0 radical (unpaired) electrons. The highest BCUT2D eigenvalue weighted by Gasteiger charge is 2.37. The van der Waals surface area contributed by atoms with Crippen molar-refractivity contribution in [2.24, 2.45) is 5.92 Å². The van der Waals surface area contributed by atoms with Gasteiger partial charge in [0, 0.05) is 43.7 Å². The van der Waals surface area contributed by atoms with Gasteiger partial charge in [0.2, 0.25) is 5.91 Å². The summed E-state index contributed by atoms with van der Waals surface area (Å²) in [6.45, 7) is 3.27. The van der Waals surface area contributed by atoms with Gasteiger partial charge in [-0.25, -0.2) is 13.2 Å². The molecule has 1 aliphatic heterocycles. The molecule has 0 unspecified atom stereocenters. The van der Waals surface area contributed by atoms with E-state index in [0.717, 1.165) is 18.4 Å². The van der Waals surface area contributed by atoms with Gasteiger partial charge in [-0.1, -0.05) is 19.1 Å². The number of carboxylic acid groups (broad SMARTS) is 1. The van der Waals surface area contributed by atoms with E-state index in [2.05, 4.69) is 4.98 Å². The summed E-state index contributed by atoms with van der Waals surface area (Å²) in [5.74, 6) is -1.32. The minimum atomic E-state index is -3.32. The van der Waals surface area contributed by atoms with Gasteiger partial charge < -0.3 is 10.0 Å². The molecule has 4 rings (SSSR count). The molecule has 1 saturated heterocycles. The van der Waals surface area contributed by atoms with Crippen LogP contribution in [-0.4, -0.2) is 59.4 Å². The number of benzene rings is 1. The first-order valence-electron chi connectivity index (χ1n) is 12.5. The Kier molecular flexibility index (Phi) is 7.88. The number of aromatic carboxylic acids is 1. The maximum Gasteiger partial charge on any atom is 0.337 e. The Balaban J connectivity index is 1.53. The van der Waals surface area contributed by atoms with Crippen molar-refractivity contribution in [2.75, 3.05) is 13.1 Å². The summed E-state index contributed by atoms with van der Waals surface area (Å²) in [5.41, 5.74) is 1.28. The molecule has 1 aromatic carbocycles. The van der Waals surface area contributed by atoms with Crippen LogP contribution in [0, 0.1) is 5.92 Å². The van der Waals surface area contributed by atoms with Gasteiger partial charge in [0.15, 0.2) is 9.84 Å². The van der Waals surface area contributed by atoms with Crippen molar-refractivity contribution in [2.45, 2.75) is 67.9 Å². The number of aromatic nitrogens is 1. The van der Waals surface area contributed by atoms with Crippen LogP contribution in [0.5, 0.6) is 0 Å². The van der Waals surface area contributed by atoms with Crippen molar-refractivity contribution >= 4 is 27.5 Å². The number of likely N-dealkylation sites (tertiary alicyclic amines) is 1. The van der Waals surface area contributed by atoms with E-state index in [4.69, 9.17) is 5.11 Å². The van der Waals surface area contributed by atoms with Crippen LogP contribution in [-0.2, 0) is 25.8 Å². The third-order valence-electron chi connectivity index (χ3n) is 7.06. The monoisotopic (exact) mass is 512 g/mol. The number of hydrogen-bond acceptors (Lipinski definition) is 6. The molecule has 1 aliphatic carbocycles. The number of Topliss-reactive ketones (excluding diaryl/α,β-unsaturated/α-hetero) is 1. The Bertz CT molecular complexity index is 1220. The SMILES string of the molecule is CCCC(=O)N1CC[C@H](C[C@@H](C(=O)Cc2ccc(C(=O)O)cn2)c2ccc(S(=O)(=O)C3CC3)cc2)C1. The molecular formula is C27H32N2O6S. The molecule has 1 aromatic heterocycles. The van der Waals surface area contributed by atoms with Crippen molar-refractivity contribution < 1.29 is 27.9 Å². The van der Waals surface area contributed by atoms with E-state index in [-0.39, 0.29) is 39.7 Å². The first-order chi connectivity index (χ1) is 17.2. The van der Waals surface area contributed by atoms with Gasteiger partial charge in [-0.05, 0) is 67.9 Å². The Hall–Kier alpha value is -3.07. The smallest absolute Gasteiger partial charge is 0.337 e. The van der Waals surface area contributed by atoms with Crippen LogP contribution in [0.15, 0.2) is 47.5 Å². The summed E-state index contributed by atoms with van der Waals surface area (Å²) in [6.07, 6.45) is 5.34. The number of hydrogen-bond donors (Lipinski definition) is 1. The largest absolute Gasteiger partial charge is 0.478 e. The number of carbonyl (C=O) groups is 3. The highest BCUT2D eigenvalue weighted by molar-refractivity contribution is 7.92. The zero-order valence-electron chi connectivity index (χ0n) is 20.4. The molecule has 2 heterocycles. The number of sulfone groups is 1. The van der Waals surface area contributed by atoms with Crippen molar-refractivity contribution in [3.05, 3.63) is 59.4 Å². The summed E-state index contributed by atoms with van der Waals surface area (Å²) >= 11 is 0. The minimum Gasteiger partial charge on any atom is -0.478 e. The fraction of sp³-hybridized carbons (Fsp3) is 0.481. The van der Waals surface area contributed by atoms with Gasteiger partial charge in [0.05, 0.1) is 15.7 Å². The normalized spacial score (nSPS) is 18.7. The topological polar surface area (TPSA) is 122 Å². The Morgan fingerprint density at radius 2 is 1.81 bits per heavy atom. The van der Waals surface area contributed by atoms with E-state index in [1.54, 1.807) is 30.3 Å². The molecule has 9 heteroatoms. The molecule has 1 amide bonds. The predicted octanol–water partition coefficient (Wildman–Crippen LogP) is 3.65. The van der Waals surface area contributed by atoms with E-state index in [1.807, 2.05) is 11.8 Å². The summed E-state index contributed by atoms with van der Waals surface area (Å²) in [6, 6.07) is 9.62. The number of pyridine rings is 1. The quantitative estimate of drug-likeness (QED) is 0.488. The minimum absolute atomic E-state index is 0.0396. The molecule has 2 aliphatic rings. The van der Waals surface area contributed by atoms with Crippen LogP contribution in [0.4, 0.5) is 0 Å². The van der Waals surface area contributed by atoms with Crippen LogP contribution < -0.4 is 0 Å².